The highest BCUT2D eigenvalue weighted by atomic mass is 16.5. The lowest BCUT2D eigenvalue weighted by Gasteiger charge is -2.37. The summed E-state index contributed by atoms with van der Waals surface area (Å²) in [4.78, 5) is 12.7. The van der Waals surface area contributed by atoms with E-state index < -0.39 is 5.41 Å². The number of nitrogens with zero attached hydrogens (tertiary/aromatic N) is 1. The van der Waals surface area contributed by atoms with Crippen molar-refractivity contribution in [3.8, 4) is 0 Å². The Morgan fingerprint density at radius 3 is 2.43 bits per heavy atom. The number of hydrogen-bond donors (Lipinski definition) is 3. The van der Waals surface area contributed by atoms with Gasteiger partial charge in [-0.1, -0.05) is 31.3 Å². The Morgan fingerprint density at radius 1 is 1.24 bits per heavy atom. The monoisotopic (exact) mass is 297 g/mol. The summed E-state index contributed by atoms with van der Waals surface area (Å²) in [5.41, 5.74) is 5.10. The molecule has 6 heteroatoms. The van der Waals surface area contributed by atoms with Crippen LogP contribution in [0, 0.1) is 10.8 Å². The van der Waals surface area contributed by atoms with Crippen LogP contribution in [0.4, 0.5) is 0 Å². The van der Waals surface area contributed by atoms with E-state index in [1.54, 1.807) is 0 Å². The van der Waals surface area contributed by atoms with Crippen LogP contribution in [-0.4, -0.2) is 36.7 Å². The minimum atomic E-state index is -0.825. The van der Waals surface area contributed by atoms with Gasteiger partial charge < -0.3 is 21.0 Å². The van der Waals surface area contributed by atoms with E-state index in [2.05, 4.69) is 17.4 Å². The fourth-order valence-electron chi connectivity index (χ4n) is 3.35. The number of oxime groups is 1. The Balaban J connectivity index is 2.02. The van der Waals surface area contributed by atoms with Crippen LogP contribution in [0.2, 0.25) is 0 Å². The number of amides is 1. The van der Waals surface area contributed by atoms with Crippen LogP contribution in [0.25, 0.3) is 0 Å². The van der Waals surface area contributed by atoms with Gasteiger partial charge in [-0.3, -0.25) is 4.79 Å². The molecule has 0 radical (unpaired) electrons. The van der Waals surface area contributed by atoms with E-state index in [0.717, 1.165) is 45.3 Å². The molecule has 4 N–H and O–H groups in total. The van der Waals surface area contributed by atoms with Crippen molar-refractivity contribution in [2.24, 2.45) is 21.7 Å². The standard InChI is InChI=1S/C15H27N3O3/c1-14(7-9-21-10-8-14)11-17-13(19)15(12(16)18-20)5-3-2-4-6-15/h20H,2-11H2,1H3,(H2,16,18)(H,17,19). The van der Waals surface area contributed by atoms with Crippen LogP contribution in [0.3, 0.4) is 0 Å². The van der Waals surface area contributed by atoms with Gasteiger partial charge in [0.15, 0.2) is 5.84 Å². The Hall–Kier alpha value is -1.30. The van der Waals surface area contributed by atoms with E-state index in [-0.39, 0.29) is 17.2 Å². The van der Waals surface area contributed by atoms with E-state index in [0.29, 0.717) is 19.4 Å². The average molecular weight is 297 g/mol. The minimum Gasteiger partial charge on any atom is -0.409 e. The number of carbonyl (C=O) groups is 1. The van der Waals surface area contributed by atoms with Crippen LogP contribution in [0.5, 0.6) is 0 Å². The molecule has 2 aliphatic rings. The predicted molar refractivity (Wildman–Crippen MR) is 80.1 cm³/mol. The molecule has 1 aliphatic carbocycles. The molecule has 1 heterocycles. The van der Waals surface area contributed by atoms with Gasteiger partial charge in [-0.25, -0.2) is 0 Å². The third-order valence-corrected chi connectivity index (χ3v) is 5.12. The Bertz CT molecular complexity index is 397. The van der Waals surface area contributed by atoms with Crippen LogP contribution in [-0.2, 0) is 9.53 Å². The van der Waals surface area contributed by atoms with Gasteiger partial charge in [-0.05, 0) is 31.1 Å². The molecule has 1 aliphatic heterocycles. The molecule has 0 aromatic rings. The maximum absolute atomic E-state index is 12.7. The maximum Gasteiger partial charge on any atom is 0.233 e. The second-order valence-corrected chi connectivity index (χ2v) is 6.73. The summed E-state index contributed by atoms with van der Waals surface area (Å²) >= 11 is 0. The van der Waals surface area contributed by atoms with Gasteiger partial charge in [-0.15, -0.1) is 0 Å². The summed E-state index contributed by atoms with van der Waals surface area (Å²) in [6.45, 7) is 4.29. The molecule has 1 saturated carbocycles. The lowest BCUT2D eigenvalue weighted by molar-refractivity contribution is -0.129. The highest BCUT2D eigenvalue weighted by Gasteiger charge is 2.44. The molecule has 0 aromatic heterocycles. The quantitative estimate of drug-likeness (QED) is 0.318. The van der Waals surface area contributed by atoms with Gasteiger partial charge in [0, 0.05) is 19.8 Å². The number of nitrogens with one attached hydrogen (secondary N) is 1. The molecule has 120 valence electrons. The molecule has 0 spiro atoms. The molecule has 1 amide bonds. The molecule has 0 bridgehead atoms. The largest absolute Gasteiger partial charge is 0.409 e. The van der Waals surface area contributed by atoms with Crippen molar-refractivity contribution in [3.63, 3.8) is 0 Å². The first kappa shape index (κ1) is 16.1. The number of ether oxygens (including phenoxy) is 1. The number of rotatable bonds is 4. The van der Waals surface area contributed by atoms with E-state index in [9.17, 15) is 4.79 Å². The number of nitrogens with two attached hydrogens (primary N) is 1. The van der Waals surface area contributed by atoms with Crippen molar-refractivity contribution < 1.29 is 14.7 Å². The molecule has 0 aromatic carbocycles. The zero-order chi connectivity index (χ0) is 15.3. The summed E-state index contributed by atoms with van der Waals surface area (Å²) < 4.78 is 5.38. The van der Waals surface area contributed by atoms with Crippen LogP contribution in [0.1, 0.15) is 51.9 Å². The molecular weight excluding hydrogens is 270 g/mol. The smallest absolute Gasteiger partial charge is 0.233 e. The first-order valence-corrected chi connectivity index (χ1v) is 7.87. The van der Waals surface area contributed by atoms with Crippen molar-refractivity contribution in [2.75, 3.05) is 19.8 Å². The van der Waals surface area contributed by atoms with E-state index >= 15 is 0 Å². The summed E-state index contributed by atoms with van der Waals surface area (Å²) in [5.74, 6) is -0.0398. The van der Waals surface area contributed by atoms with Gasteiger partial charge in [-0.2, -0.15) is 0 Å². The highest BCUT2D eigenvalue weighted by molar-refractivity contribution is 6.06. The van der Waals surface area contributed by atoms with Gasteiger partial charge in [0.25, 0.3) is 0 Å². The summed E-state index contributed by atoms with van der Waals surface area (Å²) in [6, 6.07) is 0. The zero-order valence-electron chi connectivity index (χ0n) is 12.9. The van der Waals surface area contributed by atoms with Gasteiger partial charge in [0.2, 0.25) is 5.91 Å². The van der Waals surface area contributed by atoms with Crippen molar-refractivity contribution >= 4 is 11.7 Å². The van der Waals surface area contributed by atoms with Crippen LogP contribution in [0.15, 0.2) is 5.16 Å². The molecule has 2 fully saturated rings. The topological polar surface area (TPSA) is 96.9 Å². The molecule has 0 unspecified atom stereocenters. The van der Waals surface area contributed by atoms with Gasteiger partial charge in [0.1, 0.15) is 5.41 Å². The summed E-state index contributed by atoms with van der Waals surface area (Å²) in [6.07, 6.45) is 6.20. The van der Waals surface area contributed by atoms with Gasteiger partial charge in [0.05, 0.1) is 0 Å². The fraction of sp³-hybridized carbons (Fsp3) is 0.867. The predicted octanol–water partition coefficient (Wildman–Crippen LogP) is 1.62. The molecular formula is C15H27N3O3. The van der Waals surface area contributed by atoms with Crippen molar-refractivity contribution in [3.05, 3.63) is 0 Å². The minimum absolute atomic E-state index is 0.0526. The van der Waals surface area contributed by atoms with E-state index in [1.165, 1.54) is 0 Å². The third kappa shape index (κ3) is 3.48. The fourth-order valence-corrected chi connectivity index (χ4v) is 3.35. The normalized spacial score (nSPS) is 25.3. The SMILES string of the molecule is CC1(CNC(=O)C2(C(N)=NO)CCCCC2)CCOCC1. The Labute approximate surface area is 126 Å². The third-order valence-electron chi connectivity index (χ3n) is 5.12. The van der Waals surface area contributed by atoms with Crippen molar-refractivity contribution in [1.29, 1.82) is 0 Å². The average Bonchev–Trinajstić information content (AvgIpc) is 2.53. The Morgan fingerprint density at radius 2 is 1.86 bits per heavy atom. The highest BCUT2D eigenvalue weighted by Crippen LogP contribution is 2.37. The van der Waals surface area contributed by atoms with Crippen molar-refractivity contribution in [1.82, 2.24) is 5.32 Å². The second-order valence-electron chi connectivity index (χ2n) is 6.73. The lowest BCUT2D eigenvalue weighted by Crippen LogP contribution is -2.53. The van der Waals surface area contributed by atoms with E-state index in [4.69, 9.17) is 15.7 Å². The first-order valence-electron chi connectivity index (χ1n) is 7.87. The maximum atomic E-state index is 12.7. The first-order chi connectivity index (χ1) is 10.0. The van der Waals surface area contributed by atoms with Crippen molar-refractivity contribution in [2.45, 2.75) is 51.9 Å². The number of hydrogen-bond acceptors (Lipinski definition) is 4. The van der Waals surface area contributed by atoms with Crippen LogP contribution < -0.4 is 11.1 Å². The second kappa shape index (κ2) is 6.64. The summed E-state index contributed by atoms with van der Waals surface area (Å²) in [7, 11) is 0. The molecule has 0 atom stereocenters. The van der Waals surface area contributed by atoms with E-state index in [1.807, 2.05) is 0 Å². The van der Waals surface area contributed by atoms with Gasteiger partial charge >= 0.3 is 0 Å². The zero-order valence-corrected chi connectivity index (χ0v) is 12.9. The lowest BCUT2D eigenvalue weighted by atomic mass is 9.72. The van der Waals surface area contributed by atoms with Crippen LogP contribution >= 0.6 is 0 Å². The molecule has 2 rings (SSSR count). The number of amidine groups is 1. The molecule has 21 heavy (non-hydrogen) atoms. The summed E-state index contributed by atoms with van der Waals surface area (Å²) in [5, 5.41) is 15.2. The number of carbonyl (C=O) groups excluding carboxylic acids is 1. The molecule has 6 nitrogen and oxygen atoms in total. The molecule has 1 saturated heterocycles. The Kier molecular flexibility index (Phi) is 5.08.